The van der Waals surface area contributed by atoms with E-state index in [1.165, 1.54) is 6.20 Å². The van der Waals surface area contributed by atoms with Crippen LogP contribution in [0.3, 0.4) is 0 Å². The zero-order valence-electron chi connectivity index (χ0n) is 19.3. The predicted molar refractivity (Wildman–Crippen MR) is 137 cm³/mol. The Labute approximate surface area is 219 Å². The third-order valence-corrected chi connectivity index (χ3v) is 6.37. The van der Waals surface area contributed by atoms with Crippen LogP contribution in [0.1, 0.15) is 22.5 Å². The minimum Gasteiger partial charge on any atom is -0.486 e. The number of nitrogens with one attached hydrogen (secondary N) is 1. The number of fused-ring (bicyclic) bond motifs is 1. The molecule has 11 heteroatoms. The third kappa shape index (κ3) is 4.77. The summed E-state index contributed by atoms with van der Waals surface area (Å²) >= 11 is 12.8. The van der Waals surface area contributed by atoms with E-state index < -0.39 is 11.4 Å². The molecule has 0 unspecified atom stereocenters. The van der Waals surface area contributed by atoms with Crippen LogP contribution in [-0.2, 0) is 13.2 Å². The minimum atomic E-state index is -0.707. The third-order valence-electron chi connectivity index (χ3n) is 5.73. The van der Waals surface area contributed by atoms with Gasteiger partial charge in [0, 0.05) is 40.8 Å². The van der Waals surface area contributed by atoms with Gasteiger partial charge in [0.1, 0.15) is 41.0 Å². The number of aromatic amines is 1. The summed E-state index contributed by atoms with van der Waals surface area (Å²) in [5, 5.41) is 17.8. The van der Waals surface area contributed by atoms with Gasteiger partial charge in [-0.25, -0.2) is 9.37 Å². The lowest BCUT2D eigenvalue weighted by Gasteiger charge is -2.15. The van der Waals surface area contributed by atoms with Gasteiger partial charge in [0.05, 0.1) is 22.3 Å². The molecule has 184 valence electrons. The van der Waals surface area contributed by atoms with Crippen molar-refractivity contribution in [3.63, 3.8) is 0 Å². The molecule has 1 aromatic carbocycles. The molecule has 4 aromatic heterocycles. The Morgan fingerprint density at radius 3 is 2.81 bits per heavy atom. The van der Waals surface area contributed by atoms with Crippen molar-refractivity contribution >= 4 is 34.1 Å². The molecule has 0 aliphatic heterocycles. The molecular weight excluding hydrogens is 518 g/mol. The Morgan fingerprint density at radius 2 is 2.05 bits per heavy atom. The number of hydrogen-bond acceptors (Lipinski definition) is 6. The fraction of sp³-hybridized carbons (Fsp3) is 0.115. The number of hydrogen-bond donors (Lipinski definition) is 1. The van der Waals surface area contributed by atoms with E-state index in [0.717, 1.165) is 33.5 Å². The number of halogens is 3. The Balaban J connectivity index is 1.51. The lowest BCUT2D eigenvalue weighted by molar-refractivity contribution is 0.307. The number of aryl methyl sites for hydroxylation is 1. The molecule has 0 spiro atoms. The summed E-state index contributed by atoms with van der Waals surface area (Å²) in [5.41, 5.74) is 2.74. The molecule has 0 amide bonds. The van der Waals surface area contributed by atoms with E-state index in [2.05, 4.69) is 20.2 Å². The fourth-order valence-electron chi connectivity index (χ4n) is 4.03. The maximum absolute atomic E-state index is 14.0. The van der Waals surface area contributed by atoms with Crippen molar-refractivity contribution < 1.29 is 9.13 Å². The van der Waals surface area contributed by atoms with Crippen molar-refractivity contribution in [3.05, 3.63) is 104 Å². The van der Waals surface area contributed by atoms with E-state index in [1.807, 2.05) is 25.1 Å². The lowest BCUT2D eigenvalue weighted by atomic mass is 10.0. The molecule has 1 N–H and O–H groups in total. The van der Waals surface area contributed by atoms with Gasteiger partial charge in [0.2, 0.25) is 0 Å². The molecule has 0 saturated carbocycles. The Kier molecular flexibility index (Phi) is 6.61. The molecule has 8 nitrogen and oxygen atoms in total. The highest BCUT2D eigenvalue weighted by atomic mass is 35.5. The summed E-state index contributed by atoms with van der Waals surface area (Å²) in [6, 6.07) is 11.6. The molecule has 0 aliphatic carbocycles. The van der Waals surface area contributed by atoms with Crippen molar-refractivity contribution in [3.8, 4) is 23.1 Å². The van der Waals surface area contributed by atoms with Gasteiger partial charge in [0.15, 0.2) is 0 Å². The highest BCUT2D eigenvalue weighted by molar-refractivity contribution is 6.33. The first kappa shape index (κ1) is 24.4. The summed E-state index contributed by atoms with van der Waals surface area (Å²) in [5.74, 6) is -0.212. The van der Waals surface area contributed by atoms with E-state index >= 15 is 0 Å². The maximum atomic E-state index is 14.0. The first-order valence-electron chi connectivity index (χ1n) is 11.0. The Hall–Kier alpha value is -4.26. The number of benzene rings is 1. The largest absolute Gasteiger partial charge is 0.486 e. The van der Waals surface area contributed by atoms with E-state index in [9.17, 15) is 9.18 Å². The van der Waals surface area contributed by atoms with Crippen molar-refractivity contribution in [2.45, 2.75) is 20.1 Å². The normalized spacial score (nSPS) is 11.0. The molecule has 37 heavy (non-hydrogen) atoms. The van der Waals surface area contributed by atoms with Gasteiger partial charge in [-0.15, -0.1) is 0 Å². The van der Waals surface area contributed by atoms with Crippen LogP contribution in [0.25, 0.3) is 22.2 Å². The highest BCUT2D eigenvalue weighted by Gasteiger charge is 2.17. The van der Waals surface area contributed by atoms with Gasteiger partial charge in [-0.3, -0.25) is 14.9 Å². The first-order valence-corrected chi connectivity index (χ1v) is 11.8. The molecule has 0 atom stereocenters. The van der Waals surface area contributed by atoms with E-state index in [1.54, 1.807) is 24.4 Å². The highest BCUT2D eigenvalue weighted by Crippen LogP contribution is 2.35. The van der Waals surface area contributed by atoms with E-state index in [0.29, 0.717) is 38.3 Å². The smallest absolute Gasteiger partial charge is 0.269 e. The van der Waals surface area contributed by atoms with Crippen LogP contribution in [0.4, 0.5) is 4.39 Å². The first-order chi connectivity index (χ1) is 17.9. The molecule has 4 heterocycles. The van der Waals surface area contributed by atoms with Gasteiger partial charge in [-0.05, 0) is 31.2 Å². The molecule has 5 rings (SSSR count). The quantitative estimate of drug-likeness (QED) is 0.310. The number of para-hydroxylation sites is 1. The summed E-state index contributed by atoms with van der Waals surface area (Å²) in [6.07, 6.45) is 4.11. The van der Waals surface area contributed by atoms with Crippen LogP contribution in [0.2, 0.25) is 10.0 Å². The number of pyridine rings is 3. The lowest BCUT2D eigenvalue weighted by Crippen LogP contribution is -2.24. The van der Waals surface area contributed by atoms with Gasteiger partial charge in [-0.2, -0.15) is 10.4 Å². The SMILES string of the molecule is Cc1cc(-c2n[nH]cc2Cl)c2cccc(OCc3c(Cl)ccnc3Cn3cc(F)cc(C#N)c3=O)c2n1. The average Bonchev–Trinajstić information content (AvgIpc) is 3.30. The second kappa shape index (κ2) is 10.0. The molecular formula is C26H17Cl2FN6O2. The molecule has 0 fully saturated rings. The van der Waals surface area contributed by atoms with Gasteiger partial charge in [0.25, 0.3) is 5.56 Å². The number of nitriles is 1. The van der Waals surface area contributed by atoms with E-state index in [4.69, 9.17) is 33.2 Å². The van der Waals surface area contributed by atoms with Crippen LogP contribution in [0.15, 0.2) is 59.8 Å². The monoisotopic (exact) mass is 534 g/mol. The number of H-pyrrole nitrogens is 1. The molecule has 0 radical (unpaired) electrons. The second-order valence-corrected chi connectivity index (χ2v) is 8.98. The van der Waals surface area contributed by atoms with Gasteiger partial charge >= 0.3 is 0 Å². The van der Waals surface area contributed by atoms with Crippen LogP contribution in [0.5, 0.6) is 5.75 Å². The number of nitrogens with zero attached hydrogens (tertiary/aromatic N) is 5. The van der Waals surface area contributed by atoms with Gasteiger partial charge in [-0.1, -0.05) is 35.3 Å². The summed E-state index contributed by atoms with van der Waals surface area (Å²) in [7, 11) is 0. The predicted octanol–water partition coefficient (Wildman–Crippen LogP) is 5.43. The number of ether oxygens (including phenoxy) is 1. The summed E-state index contributed by atoms with van der Waals surface area (Å²) in [4.78, 5) is 21.5. The average molecular weight is 535 g/mol. The zero-order chi connectivity index (χ0) is 26.1. The molecule has 0 saturated heterocycles. The fourth-order valence-corrected chi connectivity index (χ4v) is 4.45. The zero-order valence-corrected chi connectivity index (χ0v) is 20.8. The van der Waals surface area contributed by atoms with Crippen molar-refractivity contribution in [1.29, 1.82) is 5.26 Å². The number of aromatic nitrogens is 5. The van der Waals surface area contributed by atoms with Crippen molar-refractivity contribution in [2.24, 2.45) is 0 Å². The molecule has 5 aromatic rings. The minimum absolute atomic E-state index is 0.00437. The maximum Gasteiger partial charge on any atom is 0.269 e. The van der Waals surface area contributed by atoms with Crippen molar-refractivity contribution in [2.75, 3.05) is 0 Å². The molecule has 0 bridgehead atoms. The second-order valence-electron chi connectivity index (χ2n) is 8.17. The Bertz CT molecular complexity index is 1760. The standard InChI is InChI=1S/C26H17Cl2FN6O2/c1-14-7-18(24-21(28)10-32-34-24)17-3-2-4-23(25(17)33-14)37-13-19-20(27)5-6-31-22(19)12-35-11-16(29)8-15(9-30)26(35)36/h2-8,10-11H,12-13H2,1H3,(H,32,34). The van der Waals surface area contributed by atoms with E-state index in [-0.39, 0.29) is 18.7 Å². The number of rotatable bonds is 6. The van der Waals surface area contributed by atoms with Gasteiger partial charge < -0.3 is 9.30 Å². The topological polar surface area (TPSA) is 109 Å². The Morgan fingerprint density at radius 1 is 1.22 bits per heavy atom. The summed E-state index contributed by atoms with van der Waals surface area (Å²) in [6.45, 7) is 1.77. The van der Waals surface area contributed by atoms with Crippen molar-refractivity contribution in [1.82, 2.24) is 24.7 Å². The van der Waals surface area contributed by atoms with Crippen LogP contribution in [-0.4, -0.2) is 24.7 Å². The van der Waals surface area contributed by atoms with Crippen LogP contribution in [0, 0.1) is 24.1 Å². The summed E-state index contributed by atoms with van der Waals surface area (Å²) < 4.78 is 21.2. The van der Waals surface area contributed by atoms with Crippen LogP contribution < -0.4 is 10.3 Å². The molecule has 0 aliphatic rings. The van der Waals surface area contributed by atoms with Crippen LogP contribution >= 0.6 is 23.2 Å².